The standard InChI is InChI=1S/C20H23F3N2O3/c1-13(2)9-18(19(26)25-12-16-5-4-8-27-16)28-15-7-6-14(11-24-3)17(10-15)20(21,22)23/h4-8,10-11,13,18H,9,12H2,1-3H3,(H,25,26). The SMILES string of the molecule is CN=Cc1ccc(OC(CC(C)C)C(=O)NCc2ccco2)cc1C(F)(F)F. The van der Waals surface area contributed by atoms with Gasteiger partial charge in [0, 0.05) is 18.8 Å². The highest BCUT2D eigenvalue weighted by Crippen LogP contribution is 2.34. The van der Waals surface area contributed by atoms with E-state index >= 15 is 0 Å². The zero-order valence-corrected chi connectivity index (χ0v) is 15.9. The van der Waals surface area contributed by atoms with E-state index in [2.05, 4.69) is 10.3 Å². The number of nitrogens with one attached hydrogen (secondary N) is 1. The van der Waals surface area contributed by atoms with Crippen LogP contribution in [0.5, 0.6) is 5.75 Å². The third-order valence-corrected chi connectivity index (χ3v) is 3.87. The number of alkyl halides is 3. The first-order valence-electron chi connectivity index (χ1n) is 8.81. The fourth-order valence-electron chi connectivity index (χ4n) is 2.61. The van der Waals surface area contributed by atoms with Gasteiger partial charge < -0.3 is 14.5 Å². The zero-order chi connectivity index (χ0) is 20.7. The molecule has 1 atom stereocenters. The van der Waals surface area contributed by atoms with Crippen molar-refractivity contribution in [2.24, 2.45) is 10.9 Å². The average molecular weight is 396 g/mol. The van der Waals surface area contributed by atoms with E-state index in [4.69, 9.17) is 9.15 Å². The highest BCUT2D eigenvalue weighted by molar-refractivity contribution is 5.83. The van der Waals surface area contributed by atoms with Crippen molar-refractivity contribution in [2.75, 3.05) is 7.05 Å². The van der Waals surface area contributed by atoms with Gasteiger partial charge in [-0.15, -0.1) is 0 Å². The minimum absolute atomic E-state index is 0.0284. The number of amides is 1. The summed E-state index contributed by atoms with van der Waals surface area (Å²) in [5.74, 6) is 0.226. The van der Waals surface area contributed by atoms with Crippen LogP contribution < -0.4 is 10.1 Å². The number of benzene rings is 1. The Morgan fingerprint density at radius 2 is 2.07 bits per heavy atom. The smallest absolute Gasteiger partial charge is 0.417 e. The van der Waals surface area contributed by atoms with Crippen molar-refractivity contribution in [1.82, 2.24) is 5.32 Å². The number of aliphatic imine (C=N–C) groups is 1. The van der Waals surface area contributed by atoms with Gasteiger partial charge >= 0.3 is 6.18 Å². The van der Waals surface area contributed by atoms with E-state index < -0.39 is 23.8 Å². The van der Waals surface area contributed by atoms with Gasteiger partial charge in [-0.2, -0.15) is 13.2 Å². The molecule has 0 aliphatic carbocycles. The molecule has 0 saturated carbocycles. The lowest BCUT2D eigenvalue weighted by Crippen LogP contribution is -2.39. The summed E-state index contributed by atoms with van der Waals surface area (Å²) < 4.78 is 50.8. The first-order chi connectivity index (χ1) is 13.2. The van der Waals surface area contributed by atoms with Crippen LogP contribution in [0.25, 0.3) is 0 Å². The normalized spacial score (nSPS) is 13.1. The molecule has 8 heteroatoms. The van der Waals surface area contributed by atoms with Crippen LogP contribution in [-0.2, 0) is 17.5 Å². The first-order valence-corrected chi connectivity index (χ1v) is 8.81. The van der Waals surface area contributed by atoms with Crippen molar-refractivity contribution >= 4 is 12.1 Å². The molecule has 28 heavy (non-hydrogen) atoms. The molecule has 1 amide bonds. The summed E-state index contributed by atoms with van der Waals surface area (Å²) in [6.07, 6.45) is -2.52. The summed E-state index contributed by atoms with van der Waals surface area (Å²) in [5, 5.41) is 2.69. The van der Waals surface area contributed by atoms with Crippen LogP contribution in [-0.4, -0.2) is 25.3 Å². The van der Waals surface area contributed by atoms with Crippen LogP contribution in [0, 0.1) is 5.92 Å². The number of hydrogen-bond donors (Lipinski definition) is 1. The monoisotopic (exact) mass is 396 g/mol. The molecule has 0 fully saturated rings. The second-order valence-corrected chi connectivity index (χ2v) is 6.67. The summed E-state index contributed by atoms with van der Waals surface area (Å²) in [5.41, 5.74) is -0.931. The van der Waals surface area contributed by atoms with Gasteiger partial charge in [-0.1, -0.05) is 13.8 Å². The first kappa shape index (κ1) is 21.5. The fourth-order valence-corrected chi connectivity index (χ4v) is 2.61. The Kier molecular flexibility index (Phi) is 7.25. The Bertz CT molecular complexity index is 800. The number of nitrogens with zero attached hydrogens (tertiary/aromatic N) is 1. The van der Waals surface area contributed by atoms with Crippen LogP contribution in [0.2, 0.25) is 0 Å². The summed E-state index contributed by atoms with van der Waals surface area (Å²) in [4.78, 5) is 16.2. The van der Waals surface area contributed by atoms with Gasteiger partial charge in [0.25, 0.3) is 5.91 Å². The van der Waals surface area contributed by atoms with Gasteiger partial charge in [-0.25, -0.2) is 0 Å². The van der Waals surface area contributed by atoms with Gasteiger partial charge in [0.05, 0.1) is 18.4 Å². The lowest BCUT2D eigenvalue weighted by Gasteiger charge is -2.21. The maximum absolute atomic E-state index is 13.3. The summed E-state index contributed by atoms with van der Waals surface area (Å²) in [6.45, 7) is 3.97. The minimum Gasteiger partial charge on any atom is -0.481 e. The molecule has 0 saturated heterocycles. The van der Waals surface area contributed by atoms with Crippen LogP contribution in [0.3, 0.4) is 0 Å². The number of carbonyl (C=O) groups excluding carboxylic acids is 1. The Morgan fingerprint density at radius 3 is 2.64 bits per heavy atom. The van der Waals surface area contributed by atoms with E-state index in [1.165, 1.54) is 25.4 Å². The number of rotatable bonds is 8. The van der Waals surface area contributed by atoms with E-state index in [1.807, 2.05) is 13.8 Å². The van der Waals surface area contributed by atoms with Gasteiger partial charge in [-0.05, 0) is 42.7 Å². The zero-order valence-electron chi connectivity index (χ0n) is 15.9. The molecule has 2 rings (SSSR count). The highest BCUT2D eigenvalue weighted by atomic mass is 19.4. The number of carbonyl (C=O) groups is 1. The maximum Gasteiger partial charge on any atom is 0.417 e. The van der Waals surface area contributed by atoms with Crippen molar-refractivity contribution in [3.63, 3.8) is 0 Å². The van der Waals surface area contributed by atoms with Gasteiger partial charge in [0.15, 0.2) is 6.10 Å². The highest BCUT2D eigenvalue weighted by Gasteiger charge is 2.34. The van der Waals surface area contributed by atoms with Crippen molar-refractivity contribution in [2.45, 2.75) is 39.1 Å². The molecule has 0 bridgehead atoms. The predicted octanol–water partition coefficient (Wildman–Crippen LogP) is 4.46. The molecular formula is C20H23F3N2O3. The molecule has 1 unspecified atom stereocenters. The second kappa shape index (κ2) is 9.43. The Hall–Kier alpha value is -2.77. The number of halogens is 3. The van der Waals surface area contributed by atoms with E-state index in [1.54, 1.807) is 12.1 Å². The van der Waals surface area contributed by atoms with E-state index in [-0.39, 0.29) is 23.8 Å². The molecule has 0 radical (unpaired) electrons. The van der Waals surface area contributed by atoms with Crippen molar-refractivity contribution in [3.8, 4) is 5.75 Å². The largest absolute Gasteiger partial charge is 0.481 e. The molecular weight excluding hydrogens is 373 g/mol. The summed E-state index contributed by atoms with van der Waals surface area (Å²) in [6, 6.07) is 6.98. The third kappa shape index (κ3) is 6.14. The van der Waals surface area contributed by atoms with Crippen LogP contribution in [0.15, 0.2) is 46.0 Å². The lowest BCUT2D eigenvalue weighted by molar-refractivity contribution is -0.137. The van der Waals surface area contributed by atoms with E-state index in [0.29, 0.717) is 12.2 Å². The Balaban J connectivity index is 2.19. The lowest BCUT2D eigenvalue weighted by atomic mass is 10.0. The average Bonchev–Trinajstić information content (AvgIpc) is 3.13. The molecule has 152 valence electrons. The molecule has 5 nitrogen and oxygen atoms in total. The van der Waals surface area contributed by atoms with Crippen LogP contribution in [0.1, 0.15) is 37.2 Å². The van der Waals surface area contributed by atoms with Crippen molar-refractivity contribution in [1.29, 1.82) is 0 Å². The molecule has 2 aromatic rings. The topological polar surface area (TPSA) is 63.8 Å². The van der Waals surface area contributed by atoms with Crippen LogP contribution in [0.4, 0.5) is 13.2 Å². The molecule has 0 aliphatic heterocycles. The third-order valence-electron chi connectivity index (χ3n) is 3.87. The van der Waals surface area contributed by atoms with Gasteiger partial charge in [-0.3, -0.25) is 9.79 Å². The Morgan fingerprint density at radius 1 is 1.32 bits per heavy atom. The van der Waals surface area contributed by atoms with E-state index in [0.717, 1.165) is 12.3 Å². The summed E-state index contributed by atoms with van der Waals surface area (Å²) >= 11 is 0. The number of furan rings is 1. The van der Waals surface area contributed by atoms with Gasteiger partial charge in [0.2, 0.25) is 0 Å². The molecule has 1 heterocycles. The fraction of sp³-hybridized carbons (Fsp3) is 0.400. The summed E-state index contributed by atoms with van der Waals surface area (Å²) in [7, 11) is 1.40. The molecule has 0 spiro atoms. The van der Waals surface area contributed by atoms with Crippen molar-refractivity contribution in [3.05, 3.63) is 53.5 Å². The predicted molar refractivity (Wildman–Crippen MR) is 99.4 cm³/mol. The quantitative estimate of drug-likeness (QED) is 0.670. The molecule has 1 aromatic heterocycles. The number of ether oxygens (including phenoxy) is 1. The molecule has 1 aromatic carbocycles. The number of hydrogen-bond acceptors (Lipinski definition) is 4. The minimum atomic E-state index is -4.56. The van der Waals surface area contributed by atoms with Crippen molar-refractivity contribution < 1.29 is 27.1 Å². The molecule has 0 aliphatic rings. The second-order valence-electron chi connectivity index (χ2n) is 6.67. The Labute approximate surface area is 161 Å². The maximum atomic E-state index is 13.3. The van der Waals surface area contributed by atoms with Crippen LogP contribution >= 0.6 is 0 Å². The molecule has 1 N–H and O–H groups in total. The van der Waals surface area contributed by atoms with Gasteiger partial charge in [0.1, 0.15) is 11.5 Å². The van der Waals surface area contributed by atoms with E-state index in [9.17, 15) is 18.0 Å².